The SMILES string of the molecule is C=C(C)C(=O)OCCOc1ccc2ccc3c(C(=O)c4ccccc4O)ccc4ccc1c2c43. The summed E-state index contributed by atoms with van der Waals surface area (Å²) in [5, 5.41) is 15.9. The van der Waals surface area contributed by atoms with Crippen molar-refractivity contribution in [3.05, 3.63) is 96.1 Å². The molecular formula is C29H22O5. The molecule has 34 heavy (non-hydrogen) atoms. The third-order valence-corrected chi connectivity index (χ3v) is 5.94. The molecule has 168 valence electrons. The van der Waals surface area contributed by atoms with Gasteiger partial charge in [-0.2, -0.15) is 0 Å². The Kier molecular flexibility index (Phi) is 5.38. The predicted molar refractivity (Wildman–Crippen MR) is 133 cm³/mol. The molecule has 0 amide bonds. The first-order valence-electron chi connectivity index (χ1n) is 10.9. The zero-order valence-corrected chi connectivity index (χ0v) is 18.6. The van der Waals surface area contributed by atoms with Gasteiger partial charge in [0.15, 0.2) is 5.78 Å². The summed E-state index contributed by atoms with van der Waals surface area (Å²) < 4.78 is 11.1. The fourth-order valence-electron chi connectivity index (χ4n) is 4.32. The Morgan fingerprint density at radius 3 is 2.18 bits per heavy atom. The average Bonchev–Trinajstić information content (AvgIpc) is 2.85. The highest BCUT2D eigenvalue weighted by Crippen LogP contribution is 2.40. The zero-order valence-electron chi connectivity index (χ0n) is 18.6. The number of carbonyl (C=O) groups excluding carboxylic acids is 2. The maximum absolute atomic E-state index is 13.3. The van der Waals surface area contributed by atoms with Crippen molar-refractivity contribution in [1.29, 1.82) is 0 Å². The number of rotatable bonds is 7. The van der Waals surface area contributed by atoms with Gasteiger partial charge in [0.2, 0.25) is 0 Å². The standard InChI is InChI=1S/C29H22O5/c1-17(2)29(32)34-16-15-33-25-14-10-19-7-11-20-21(28(31)22-5-3-4-6-24(22)30)12-8-18-9-13-23(25)27(19)26(18)20/h3-14,30H,1,15-16H2,2H3. The van der Waals surface area contributed by atoms with Crippen LogP contribution in [-0.4, -0.2) is 30.1 Å². The Hall–Kier alpha value is -4.38. The Labute approximate surface area is 196 Å². The molecule has 0 aliphatic heterocycles. The summed E-state index contributed by atoms with van der Waals surface area (Å²) in [6.07, 6.45) is 0. The van der Waals surface area contributed by atoms with E-state index < -0.39 is 5.97 Å². The number of benzene rings is 5. The number of phenols is 1. The molecule has 0 bridgehead atoms. The van der Waals surface area contributed by atoms with Gasteiger partial charge in [-0.15, -0.1) is 0 Å². The number of phenolic OH excluding ortho intramolecular Hbond substituents is 1. The number of hydrogen-bond acceptors (Lipinski definition) is 5. The monoisotopic (exact) mass is 450 g/mol. The van der Waals surface area contributed by atoms with E-state index in [0.29, 0.717) is 16.9 Å². The minimum absolute atomic E-state index is 0.0405. The molecule has 5 nitrogen and oxygen atoms in total. The molecule has 0 spiro atoms. The number of carbonyl (C=O) groups is 2. The molecule has 0 heterocycles. The molecule has 5 rings (SSSR count). The molecule has 5 heteroatoms. The highest BCUT2D eigenvalue weighted by Gasteiger charge is 2.19. The van der Waals surface area contributed by atoms with Crippen molar-refractivity contribution < 1.29 is 24.2 Å². The quantitative estimate of drug-likeness (QED) is 0.108. The summed E-state index contributed by atoms with van der Waals surface area (Å²) in [6, 6.07) is 22.1. The predicted octanol–water partition coefficient (Wildman–Crippen LogP) is 6.02. The molecule has 5 aromatic rings. The molecular weight excluding hydrogens is 428 g/mol. The maximum atomic E-state index is 13.3. The first kappa shape index (κ1) is 21.5. The molecule has 0 saturated heterocycles. The van der Waals surface area contributed by atoms with E-state index in [2.05, 4.69) is 6.58 Å². The number of esters is 1. The molecule has 0 fully saturated rings. The van der Waals surface area contributed by atoms with Crippen molar-refractivity contribution in [3.8, 4) is 11.5 Å². The Balaban J connectivity index is 1.58. The molecule has 0 radical (unpaired) electrons. The molecule has 0 atom stereocenters. The summed E-state index contributed by atoms with van der Waals surface area (Å²) in [7, 11) is 0. The Bertz CT molecular complexity index is 1580. The molecule has 0 aliphatic rings. The highest BCUT2D eigenvalue weighted by atomic mass is 16.6. The lowest BCUT2D eigenvalue weighted by atomic mass is 9.89. The summed E-state index contributed by atoms with van der Waals surface area (Å²) in [6.45, 7) is 5.50. The third kappa shape index (κ3) is 3.61. The second-order valence-corrected chi connectivity index (χ2v) is 8.21. The minimum atomic E-state index is -0.444. The molecule has 0 saturated carbocycles. The van der Waals surface area contributed by atoms with Gasteiger partial charge in [0.1, 0.15) is 24.7 Å². The van der Waals surface area contributed by atoms with E-state index in [1.807, 2.05) is 48.5 Å². The van der Waals surface area contributed by atoms with Crippen molar-refractivity contribution >= 4 is 44.1 Å². The smallest absolute Gasteiger partial charge is 0.333 e. The van der Waals surface area contributed by atoms with E-state index in [9.17, 15) is 14.7 Å². The zero-order chi connectivity index (χ0) is 23.8. The second kappa shape index (κ2) is 8.52. The number of ketones is 1. The van der Waals surface area contributed by atoms with Crippen molar-refractivity contribution in [2.24, 2.45) is 0 Å². The van der Waals surface area contributed by atoms with E-state index in [4.69, 9.17) is 9.47 Å². The van der Waals surface area contributed by atoms with Gasteiger partial charge in [-0.25, -0.2) is 4.79 Å². The maximum Gasteiger partial charge on any atom is 0.333 e. The van der Waals surface area contributed by atoms with Gasteiger partial charge in [0.25, 0.3) is 0 Å². The van der Waals surface area contributed by atoms with E-state index in [-0.39, 0.29) is 30.3 Å². The van der Waals surface area contributed by atoms with Crippen LogP contribution in [0, 0.1) is 0 Å². The van der Waals surface area contributed by atoms with Crippen LogP contribution in [0.5, 0.6) is 11.5 Å². The highest BCUT2D eigenvalue weighted by molar-refractivity contribution is 6.29. The lowest BCUT2D eigenvalue weighted by molar-refractivity contribution is -0.139. The van der Waals surface area contributed by atoms with Crippen LogP contribution in [0.15, 0.2) is 84.9 Å². The lowest BCUT2D eigenvalue weighted by Gasteiger charge is -2.16. The second-order valence-electron chi connectivity index (χ2n) is 8.21. The fraction of sp³-hybridized carbons (Fsp3) is 0.103. The van der Waals surface area contributed by atoms with Crippen LogP contribution in [0.25, 0.3) is 32.3 Å². The van der Waals surface area contributed by atoms with Crippen LogP contribution in [0.1, 0.15) is 22.8 Å². The van der Waals surface area contributed by atoms with Crippen molar-refractivity contribution in [2.45, 2.75) is 6.92 Å². The van der Waals surface area contributed by atoms with Crippen LogP contribution in [0.4, 0.5) is 0 Å². The van der Waals surface area contributed by atoms with E-state index in [1.54, 1.807) is 25.1 Å². The van der Waals surface area contributed by atoms with Gasteiger partial charge < -0.3 is 14.6 Å². The van der Waals surface area contributed by atoms with Gasteiger partial charge in [-0.3, -0.25) is 4.79 Å². The summed E-state index contributed by atoms with van der Waals surface area (Å²) in [4.78, 5) is 24.9. The molecule has 1 N–H and O–H groups in total. The van der Waals surface area contributed by atoms with E-state index in [0.717, 1.165) is 32.3 Å². The van der Waals surface area contributed by atoms with Crippen LogP contribution in [0.3, 0.4) is 0 Å². The molecule has 0 aromatic heterocycles. The van der Waals surface area contributed by atoms with Gasteiger partial charge >= 0.3 is 5.97 Å². The summed E-state index contributed by atoms with van der Waals surface area (Å²) in [5.41, 5.74) is 1.14. The average molecular weight is 450 g/mol. The first-order chi connectivity index (χ1) is 16.5. The first-order valence-corrected chi connectivity index (χ1v) is 10.9. The van der Waals surface area contributed by atoms with Gasteiger partial charge in [0.05, 0.1) is 5.56 Å². The molecule has 5 aromatic carbocycles. The van der Waals surface area contributed by atoms with Crippen molar-refractivity contribution in [2.75, 3.05) is 13.2 Å². The number of para-hydroxylation sites is 1. The Morgan fingerprint density at radius 2 is 1.44 bits per heavy atom. The van der Waals surface area contributed by atoms with Crippen molar-refractivity contribution in [3.63, 3.8) is 0 Å². The molecule has 0 aliphatic carbocycles. The van der Waals surface area contributed by atoms with E-state index in [1.165, 1.54) is 6.07 Å². The topological polar surface area (TPSA) is 72.8 Å². The van der Waals surface area contributed by atoms with Gasteiger partial charge in [-0.05, 0) is 58.8 Å². The van der Waals surface area contributed by atoms with Gasteiger partial charge in [-0.1, -0.05) is 49.0 Å². The third-order valence-electron chi connectivity index (χ3n) is 5.94. The van der Waals surface area contributed by atoms with Crippen LogP contribution < -0.4 is 4.74 Å². The normalized spacial score (nSPS) is 11.2. The number of ether oxygens (including phenoxy) is 2. The number of hydrogen-bond donors (Lipinski definition) is 1. The minimum Gasteiger partial charge on any atom is -0.507 e. The molecule has 0 unspecified atom stereocenters. The fourth-order valence-corrected chi connectivity index (χ4v) is 4.32. The largest absolute Gasteiger partial charge is 0.507 e. The van der Waals surface area contributed by atoms with Crippen LogP contribution in [0.2, 0.25) is 0 Å². The number of aromatic hydroxyl groups is 1. The van der Waals surface area contributed by atoms with E-state index >= 15 is 0 Å². The summed E-state index contributed by atoms with van der Waals surface area (Å²) in [5.74, 6) is -0.0422. The lowest BCUT2D eigenvalue weighted by Crippen LogP contribution is -2.12. The summed E-state index contributed by atoms with van der Waals surface area (Å²) >= 11 is 0. The Morgan fingerprint density at radius 1 is 0.794 bits per heavy atom. The van der Waals surface area contributed by atoms with Crippen LogP contribution >= 0.6 is 0 Å². The van der Waals surface area contributed by atoms with Crippen LogP contribution in [-0.2, 0) is 9.53 Å². The van der Waals surface area contributed by atoms with Crippen molar-refractivity contribution in [1.82, 2.24) is 0 Å². The van der Waals surface area contributed by atoms with Gasteiger partial charge in [0, 0.05) is 21.9 Å².